The summed E-state index contributed by atoms with van der Waals surface area (Å²) in [5.41, 5.74) is 1.83. The van der Waals surface area contributed by atoms with Crippen molar-refractivity contribution in [3.05, 3.63) is 101 Å². The Bertz CT molecular complexity index is 1080. The summed E-state index contributed by atoms with van der Waals surface area (Å²) in [5.74, 6) is 0.431. The van der Waals surface area contributed by atoms with E-state index in [1.165, 1.54) is 0 Å². The average Bonchev–Trinajstić information content (AvgIpc) is 2.88. The molecular weight excluding hydrogens is 476 g/mol. The minimum Gasteiger partial charge on any atom is -0.352 e. The number of amides is 2. The largest absolute Gasteiger partial charge is 0.352 e. The van der Waals surface area contributed by atoms with Gasteiger partial charge in [0.1, 0.15) is 6.04 Å². The molecular formula is C29H33ClN2O2S. The Hall–Kier alpha value is -2.76. The lowest BCUT2D eigenvalue weighted by Crippen LogP contribution is -2.52. The summed E-state index contributed by atoms with van der Waals surface area (Å²) in [6.45, 7) is 4.29. The minimum atomic E-state index is -0.642. The van der Waals surface area contributed by atoms with Crippen LogP contribution in [0.1, 0.15) is 37.8 Å². The first kappa shape index (κ1) is 26.8. The summed E-state index contributed by atoms with van der Waals surface area (Å²) >= 11 is 8.11. The fraction of sp³-hybridized carbons (Fsp3) is 0.310. The Morgan fingerprint density at radius 3 is 2.23 bits per heavy atom. The van der Waals surface area contributed by atoms with Crippen molar-refractivity contribution in [2.24, 2.45) is 0 Å². The Balaban J connectivity index is 1.87. The van der Waals surface area contributed by atoms with Gasteiger partial charge in [-0.2, -0.15) is 0 Å². The molecule has 0 saturated heterocycles. The second-order valence-corrected chi connectivity index (χ2v) is 10.1. The molecule has 35 heavy (non-hydrogen) atoms. The normalized spacial score (nSPS) is 12.5. The minimum absolute atomic E-state index is 0.0201. The summed E-state index contributed by atoms with van der Waals surface area (Å²) in [6, 6.07) is 26.7. The SMILES string of the molecule is CC[C@@H](C)NC(=O)[C@H](Cc1ccccc1)N(Cc1ccccc1Cl)C(=O)CCSc1ccccc1. The predicted molar refractivity (Wildman–Crippen MR) is 146 cm³/mol. The smallest absolute Gasteiger partial charge is 0.243 e. The molecule has 0 saturated carbocycles. The van der Waals surface area contributed by atoms with Gasteiger partial charge in [0, 0.05) is 41.1 Å². The Kier molecular flexibility index (Phi) is 10.7. The van der Waals surface area contributed by atoms with E-state index in [1.807, 2.05) is 98.8 Å². The van der Waals surface area contributed by atoms with Gasteiger partial charge in [0.25, 0.3) is 0 Å². The van der Waals surface area contributed by atoms with Crippen LogP contribution in [0.5, 0.6) is 0 Å². The third-order valence-corrected chi connectivity index (χ3v) is 7.28. The molecule has 0 fully saturated rings. The molecule has 0 aliphatic carbocycles. The van der Waals surface area contributed by atoms with E-state index in [1.54, 1.807) is 16.7 Å². The van der Waals surface area contributed by atoms with Crippen molar-refractivity contribution in [1.82, 2.24) is 10.2 Å². The third-order valence-electron chi connectivity index (χ3n) is 5.90. The van der Waals surface area contributed by atoms with Crippen LogP contribution in [0.25, 0.3) is 0 Å². The fourth-order valence-electron chi connectivity index (χ4n) is 3.72. The fourth-order valence-corrected chi connectivity index (χ4v) is 4.78. The molecule has 0 radical (unpaired) electrons. The number of thioether (sulfide) groups is 1. The number of hydrogen-bond acceptors (Lipinski definition) is 3. The maximum atomic E-state index is 13.6. The zero-order valence-corrected chi connectivity index (χ0v) is 21.9. The lowest BCUT2D eigenvalue weighted by atomic mass is 10.0. The van der Waals surface area contributed by atoms with Crippen LogP contribution in [0.4, 0.5) is 0 Å². The Labute approximate surface area is 218 Å². The molecule has 4 nitrogen and oxygen atoms in total. The molecule has 3 rings (SSSR count). The maximum Gasteiger partial charge on any atom is 0.243 e. The second kappa shape index (κ2) is 14.0. The molecule has 3 aromatic carbocycles. The highest BCUT2D eigenvalue weighted by atomic mass is 35.5. The lowest BCUT2D eigenvalue weighted by molar-refractivity contribution is -0.141. The summed E-state index contributed by atoms with van der Waals surface area (Å²) in [5, 5.41) is 3.68. The van der Waals surface area contributed by atoms with Gasteiger partial charge in [-0.15, -0.1) is 11.8 Å². The molecule has 0 aliphatic rings. The van der Waals surface area contributed by atoms with Crippen LogP contribution in [0.15, 0.2) is 89.8 Å². The Morgan fingerprint density at radius 2 is 1.57 bits per heavy atom. The highest BCUT2D eigenvalue weighted by molar-refractivity contribution is 7.99. The number of carbonyl (C=O) groups excluding carboxylic acids is 2. The molecule has 0 heterocycles. The van der Waals surface area contributed by atoms with Gasteiger partial charge in [0.15, 0.2) is 0 Å². The van der Waals surface area contributed by atoms with Crippen molar-refractivity contribution >= 4 is 35.2 Å². The van der Waals surface area contributed by atoms with Crippen molar-refractivity contribution in [3.8, 4) is 0 Å². The van der Waals surface area contributed by atoms with Gasteiger partial charge >= 0.3 is 0 Å². The van der Waals surface area contributed by atoms with Crippen LogP contribution < -0.4 is 5.32 Å². The van der Waals surface area contributed by atoms with Crippen molar-refractivity contribution < 1.29 is 9.59 Å². The monoisotopic (exact) mass is 508 g/mol. The van der Waals surface area contributed by atoms with Crippen molar-refractivity contribution in [2.75, 3.05) is 5.75 Å². The van der Waals surface area contributed by atoms with E-state index < -0.39 is 6.04 Å². The van der Waals surface area contributed by atoms with Gasteiger partial charge < -0.3 is 10.2 Å². The molecule has 184 valence electrons. The molecule has 3 aromatic rings. The number of halogens is 1. The summed E-state index contributed by atoms with van der Waals surface area (Å²) in [7, 11) is 0. The van der Waals surface area contributed by atoms with Crippen LogP contribution >= 0.6 is 23.4 Å². The van der Waals surface area contributed by atoms with Crippen LogP contribution in [-0.2, 0) is 22.6 Å². The van der Waals surface area contributed by atoms with Gasteiger partial charge in [0.05, 0.1) is 0 Å². The number of nitrogens with zero attached hydrogens (tertiary/aromatic N) is 1. The molecule has 0 bridgehead atoms. The van der Waals surface area contributed by atoms with E-state index in [2.05, 4.69) is 5.32 Å². The van der Waals surface area contributed by atoms with Crippen molar-refractivity contribution in [2.45, 2.75) is 56.6 Å². The maximum absolute atomic E-state index is 13.6. The standard InChI is InChI=1S/C29H33ClN2O2S/c1-3-22(2)31-29(34)27(20-23-12-6-4-7-13-23)32(21-24-14-10-11-17-26(24)30)28(33)18-19-35-25-15-8-5-9-16-25/h4-17,22,27H,3,18-21H2,1-2H3,(H,31,34)/t22-,27+/m1/s1. The predicted octanol–water partition coefficient (Wildman–Crippen LogP) is 6.38. The van der Waals surface area contributed by atoms with Crippen LogP contribution in [0.2, 0.25) is 5.02 Å². The van der Waals surface area contributed by atoms with Gasteiger partial charge in [-0.25, -0.2) is 0 Å². The molecule has 2 amide bonds. The van der Waals surface area contributed by atoms with E-state index in [0.717, 1.165) is 22.4 Å². The van der Waals surface area contributed by atoms with E-state index in [4.69, 9.17) is 11.6 Å². The molecule has 0 spiro atoms. The van der Waals surface area contributed by atoms with Gasteiger partial charge in [-0.1, -0.05) is 85.3 Å². The summed E-state index contributed by atoms with van der Waals surface area (Å²) in [4.78, 5) is 29.9. The van der Waals surface area contributed by atoms with Crippen LogP contribution in [-0.4, -0.2) is 34.6 Å². The van der Waals surface area contributed by atoms with E-state index in [-0.39, 0.29) is 24.4 Å². The van der Waals surface area contributed by atoms with Gasteiger partial charge in [-0.3, -0.25) is 9.59 Å². The Morgan fingerprint density at radius 1 is 0.943 bits per heavy atom. The zero-order valence-electron chi connectivity index (χ0n) is 20.3. The molecule has 6 heteroatoms. The number of rotatable bonds is 12. The highest BCUT2D eigenvalue weighted by Crippen LogP contribution is 2.23. The lowest BCUT2D eigenvalue weighted by Gasteiger charge is -2.32. The highest BCUT2D eigenvalue weighted by Gasteiger charge is 2.31. The first-order chi connectivity index (χ1) is 17.0. The van der Waals surface area contributed by atoms with E-state index in [0.29, 0.717) is 23.6 Å². The summed E-state index contributed by atoms with van der Waals surface area (Å²) < 4.78 is 0. The molecule has 0 aromatic heterocycles. The van der Waals surface area contributed by atoms with E-state index >= 15 is 0 Å². The molecule has 1 N–H and O–H groups in total. The van der Waals surface area contributed by atoms with Crippen LogP contribution in [0, 0.1) is 0 Å². The van der Waals surface area contributed by atoms with E-state index in [9.17, 15) is 9.59 Å². The number of nitrogens with one attached hydrogen (secondary N) is 1. The van der Waals surface area contributed by atoms with Gasteiger partial charge in [0.2, 0.25) is 11.8 Å². The molecule has 2 atom stereocenters. The summed E-state index contributed by atoms with van der Waals surface area (Å²) in [6.07, 6.45) is 1.58. The zero-order chi connectivity index (χ0) is 25.0. The third kappa shape index (κ3) is 8.44. The first-order valence-corrected chi connectivity index (χ1v) is 13.4. The number of benzene rings is 3. The quantitative estimate of drug-likeness (QED) is 0.289. The molecule has 0 aliphatic heterocycles. The number of carbonyl (C=O) groups is 2. The average molecular weight is 509 g/mol. The van der Waals surface area contributed by atoms with Crippen LogP contribution in [0.3, 0.4) is 0 Å². The van der Waals surface area contributed by atoms with Crippen molar-refractivity contribution in [3.63, 3.8) is 0 Å². The second-order valence-electron chi connectivity index (χ2n) is 8.55. The molecule has 0 unspecified atom stereocenters. The number of hydrogen-bond donors (Lipinski definition) is 1. The topological polar surface area (TPSA) is 49.4 Å². The van der Waals surface area contributed by atoms with Crippen molar-refractivity contribution in [1.29, 1.82) is 0 Å². The first-order valence-electron chi connectivity index (χ1n) is 12.0. The van der Waals surface area contributed by atoms with Gasteiger partial charge in [-0.05, 0) is 42.7 Å².